The molecule has 0 fully saturated rings. The highest BCUT2D eigenvalue weighted by molar-refractivity contribution is 7.14. The monoisotopic (exact) mass is 356 g/mol. The minimum absolute atomic E-state index is 0.175. The Morgan fingerprint density at radius 1 is 1.16 bits per heavy atom. The van der Waals surface area contributed by atoms with Crippen molar-refractivity contribution in [3.63, 3.8) is 0 Å². The molecule has 126 valence electrons. The number of ether oxygens (including phenoxy) is 1. The maximum Gasteiger partial charge on any atom is 0.264 e. The Bertz CT molecular complexity index is 876. The zero-order valence-corrected chi connectivity index (χ0v) is 13.8. The molecule has 1 amide bonds. The molecule has 0 saturated carbocycles. The van der Waals surface area contributed by atoms with Crippen LogP contribution in [0.3, 0.4) is 0 Å². The lowest BCUT2D eigenvalue weighted by atomic mass is 10.2. The van der Waals surface area contributed by atoms with E-state index in [2.05, 4.69) is 10.3 Å². The number of nitrogens with zero attached hydrogens (tertiary/aromatic N) is 1. The summed E-state index contributed by atoms with van der Waals surface area (Å²) >= 11 is 1.27. The van der Waals surface area contributed by atoms with Crippen LogP contribution in [0, 0.1) is 5.82 Å². The zero-order chi connectivity index (χ0) is 17.6. The summed E-state index contributed by atoms with van der Waals surface area (Å²) in [5.41, 5.74) is 1.96. The van der Waals surface area contributed by atoms with Crippen molar-refractivity contribution in [2.75, 3.05) is 11.9 Å². The summed E-state index contributed by atoms with van der Waals surface area (Å²) in [4.78, 5) is 26.8. The van der Waals surface area contributed by atoms with Crippen LogP contribution >= 0.6 is 11.3 Å². The van der Waals surface area contributed by atoms with E-state index < -0.39 is 0 Å². The Morgan fingerprint density at radius 2 is 1.88 bits per heavy atom. The van der Waals surface area contributed by atoms with Crippen molar-refractivity contribution in [3.05, 3.63) is 65.3 Å². The normalized spacial score (nSPS) is 10.3. The molecule has 0 aliphatic heterocycles. The highest BCUT2D eigenvalue weighted by Gasteiger charge is 2.09. The van der Waals surface area contributed by atoms with Crippen molar-refractivity contribution in [2.45, 2.75) is 0 Å². The molecule has 3 rings (SSSR count). The molecular formula is C18H13FN2O3S. The van der Waals surface area contributed by atoms with E-state index in [4.69, 9.17) is 4.74 Å². The van der Waals surface area contributed by atoms with Crippen LogP contribution in [0.15, 0.2) is 53.9 Å². The van der Waals surface area contributed by atoms with E-state index in [0.29, 0.717) is 22.1 Å². The standard InChI is InChI=1S/C18H13FN2O3S/c19-14-5-3-13(4-6-14)16-11-25-18(20-16)21-17(23)10-24-15-7-1-12(9-22)2-8-15/h1-9,11H,10H2,(H,20,21,23). The molecule has 3 aromatic rings. The second-order valence-corrected chi connectivity index (χ2v) is 5.93. The van der Waals surface area contributed by atoms with Crippen molar-refractivity contribution in [1.82, 2.24) is 4.98 Å². The molecule has 1 N–H and O–H groups in total. The molecule has 5 nitrogen and oxygen atoms in total. The van der Waals surface area contributed by atoms with Crippen LogP contribution in [0.25, 0.3) is 11.3 Å². The molecule has 0 unspecified atom stereocenters. The van der Waals surface area contributed by atoms with Gasteiger partial charge in [-0.3, -0.25) is 14.9 Å². The third-order valence-electron chi connectivity index (χ3n) is 3.28. The van der Waals surface area contributed by atoms with Gasteiger partial charge < -0.3 is 4.74 Å². The summed E-state index contributed by atoms with van der Waals surface area (Å²) in [6, 6.07) is 12.4. The van der Waals surface area contributed by atoms with Gasteiger partial charge in [0, 0.05) is 16.5 Å². The highest BCUT2D eigenvalue weighted by atomic mass is 32.1. The second-order valence-electron chi connectivity index (χ2n) is 5.07. The topological polar surface area (TPSA) is 68.3 Å². The Kier molecular flexibility index (Phi) is 5.15. The number of thiazole rings is 1. The summed E-state index contributed by atoms with van der Waals surface area (Å²) in [6.45, 7) is -0.175. The van der Waals surface area contributed by atoms with Gasteiger partial charge in [0.15, 0.2) is 11.7 Å². The van der Waals surface area contributed by atoms with Gasteiger partial charge in [-0.05, 0) is 48.5 Å². The number of aldehydes is 1. The number of anilines is 1. The number of aromatic nitrogens is 1. The summed E-state index contributed by atoms with van der Waals surface area (Å²) in [5, 5.41) is 4.86. The molecule has 0 aliphatic carbocycles. The van der Waals surface area contributed by atoms with E-state index in [1.54, 1.807) is 41.8 Å². The van der Waals surface area contributed by atoms with Crippen molar-refractivity contribution < 1.29 is 18.7 Å². The maximum absolute atomic E-state index is 12.9. The van der Waals surface area contributed by atoms with Gasteiger partial charge in [0.05, 0.1) is 5.69 Å². The van der Waals surface area contributed by atoms with Gasteiger partial charge in [-0.15, -0.1) is 11.3 Å². The van der Waals surface area contributed by atoms with Crippen LogP contribution in [0.1, 0.15) is 10.4 Å². The average molecular weight is 356 g/mol. The summed E-state index contributed by atoms with van der Waals surface area (Å²) in [7, 11) is 0. The van der Waals surface area contributed by atoms with E-state index in [1.807, 2.05) is 0 Å². The SMILES string of the molecule is O=Cc1ccc(OCC(=O)Nc2nc(-c3ccc(F)cc3)cs2)cc1. The molecule has 7 heteroatoms. The zero-order valence-electron chi connectivity index (χ0n) is 12.9. The van der Waals surface area contributed by atoms with Gasteiger partial charge in [0.2, 0.25) is 0 Å². The second kappa shape index (κ2) is 7.67. The fourth-order valence-electron chi connectivity index (χ4n) is 2.03. The summed E-state index contributed by atoms with van der Waals surface area (Å²) < 4.78 is 18.3. The third kappa shape index (κ3) is 4.48. The molecule has 2 aromatic carbocycles. The number of carbonyl (C=O) groups is 2. The van der Waals surface area contributed by atoms with E-state index >= 15 is 0 Å². The van der Waals surface area contributed by atoms with E-state index in [-0.39, 0.29) is 18.3 Å². The first-order chi connectivity index (χ1) is 12.1. The molecule has 0 atom stereocenters. The molecule has 0 spiro atoms. The number of halogens is 1. The van der Waals surface area contributed by atoms with Gasteiger partial charge in [-0.1, -0.05) is 0 Å². The molecule has 0 radical (unpaired) electrons. The lowest BCUT2D eigenvalue weighted by molar-refractivity contribution is -0.118. The molecule has 0 aliphatic rings. The summed E-state index contributed by atoms with van der Waals surface area (Å²) in [5.74, 6) is -0.169. The minimum atomic E-state index is -0.348. The van der Waals surface area contributed by atoms with Gasteiger partial charge in [0.25, 0.3) is 5.91 Å². The number of hydrogen-bond donors (Lipinski definition) is 1. The largest absolute Gasteiger partial charge is 0.484 e. The van der Waals surface area contributed by atoms with Crippen molar-refractivity contribution in [1.29, 1.82) is 0 Å². The number of rotatable bonds is 6. The molecule has 0 saturated heterocycles. The lowest BCUT2D eigenvalue weighted by Gasteiger charge is -2.05. The average Bonchev–Trinajstić information content (AvgIpc) is 3.09. The maximum atomic E-state index is 12.9. The predicted octanol–water partition coefficient (Wildman–Crippen LogP) is 3.78. The molecule has 1 aromatic heterocycles. The van der Waals surface area contributed by atoms with Crippen molar-refractivity contribution in [3.8, 4) is 17.0 Å². The molecular weight excluding hydrogens is 343 g/mol. The first-order valence-electron chi connectivity index (χ1n) is 7.33. The number of hydrogen-bond acceptors (Lipinski definition) is 5. The highest BCUT2D eigenvalue weighted by Crippen LogP contribution is 2.25. The lowest BCUT2D eigenvalue weighted by Crippen LogP contribution is -2.20. The first kappa shape index (κ1) is 16.8. The van der Waals surface area contributed by atoms with E-state index in [0.717, 1.165) is 11.8 Å². The first-order valence-corrected chi connectivity index (χ1v) is 8.21. The van der Waals surface area contributed by atoms with Gasteiger partial charge in [0.1, 0.15) is 17.9 Å². The van der Waals surface area contributed by atoms with E-state index in [1.165, 1.54) is 23.5 Å². The van der Waals surface area contributed by atoms with Gasteiger partial charge >= 0.3 is 0 Å². The van der Waals surface area contributed by atoms with Crippen molar-refractivity contribution >= 4 is 28.7 Å². The Balaban J connectivity index is 1.56. The van der Waals surface area contributed by atoms with Crippen LogP contribution in [-0.4, -0.2) is 23.8 Å². The van der Waals surface area contributed by atoms with Crippen LogP contribution in [0.2, 0.25) is 0 Å². The Hall–Kier alpha value is -3.06. The fraction of sp³-hybridized carbons (Fsp3) is 0.0556. The summed E-state index contributed by atoms with van der Waals surface area (Å²) in [6.07, 6.45) is 0.734. The smallest absolute Gasteiger partial charge is 0.264 e. The van der Waals surface area contributed by atoms with E-state index in [9.17, 15) is 14.0 Å². The number of benzene rings is 2. The number of amides is 1. The number of carbonyl (C=O) groups excluding carboxylic acids is 2. The predicted molar refractivity (Wildman–Crippen MR) is 93.5 cm³/mol. The Morgan fingerprint density at radius 3 is 2.56 bits per heavy atom. The molecule has 25 heavy (non-hydrogen) atoms. The quantitative estimate of drug-likeness (QED) is 0.683. The van der Waals surface area contributed by atoms with Crippen LogP contribution < -0.4 is 10.1 Å². The number of nitrogens with one attached hydrogen (secondary N) is 1. The minimum Gasteiger partial charge on any atom is -0.484 e. The van der Waals surface area contributed by atoms with Crippen LogP contribution in [0.4, 0.5) is 9.52 Å². The Labute approximate surface area is 147 Å². The molecule has 1 heterocycles. The van der Waals surface area contributed by atoms with Crippen LogP contribution in [-0.2, 0) is 4.79 Å². The third-order valence-corrected chi connectivity index (χ3v) is 4.03. The van der Waals surface area contributed by atoms with Crippen LogP contribution in [0.5, 0.6) is 5.75 Å². The fourth-order valence-corrected chi connectivity index (χ4v) is 2.77. The van der Waals surface area contributed by atoms with Gasteiger partial charge in [-0.2, -0.15) is 0 Å². The van der Waals surface area contributed by atoms with Crippen molar-refractivity contribution in [2.24, 2.45) is 0 Å². The van der Waals surface area contributed by atoms with Gasteiger partial charge in [-0.25, -0.2) is 9.37 Å². The molecule has 0 bridgehead atoms.